The molecule has 3 aromatic rings. The van der Waals surface area contributed by atoms with Crippen molar-refractivity contribution in [3.05, 3.63) is 58.9 Å². The Balaban J connectivity index is 1.36. The third-order valence-electron chi connectivity index (χ3n) is 5.02. The molecule has 7 nitrogen and oxygen atoms in total. The normalized spacial score (nSPS) is 14.6. The summed E-state index contributed by atoms with van der Waals surface area (Å²) in [6, 6.07) is 15.0. The minimum atomic E-state index is -0.131. The Labute approximate surface area is 177 Å². The molecule has 0 radical (unpaired) electrons. The summed E-state index contributed by atoms with van der Waals surface area (Å²) in [6.07, 6.45) is 1.56. The van der Waals surface area contributed by atoms with Gasteiger partial charge in [-0.05, 0) is 49.2 Å². The van der Waals surface area contributed by atoms with Gasteiger partial charge in [0.15, 0.2) is 0 Å². The number of piperidine rings is 1. The summed E-state index contributed by atoms with van der Waals surface area (Å²) in [7, 11) is 1.59. The van der Waals surface area contributed by atoms with E-state index in [9.17, 15) is 4.79 Å². The summed E-state index contributed by atoms with van der Waals surface area (Å²) in [4.78, 5) is 19.0. The maximum absolute atomic E-state index is 12.6. The molecule has 2 aromatic carbocycles. The second-order valence-electron chi connectivity index (χ2n) is 6.85. The molecule has 0 bridgehead atoms. The van der Waals surface area contributed by atoms with Crippen LogP contribution in [0.15, 0.2) is 57.5 Å². The summed E-state index contributed by atoms with van der Waals surface area (Å²) < 4.78 is 11.8. The highest BCUT2D eigenvalue weighted by molar-refractivity contribution is 9.10. The Bertz CT molecular complexity index is 982. The zero-order valence-electron chi connectivity index (χ0n) is 16.0. The maximum Gasteiger partial charge on any atom is 0.321 e. The Morgan fingerprint density at radius 3 is 2.62 bits per heavy atom. The molecule has 1 fully saturated rings. The Morgan fingerprint density at radius 2 is 1.90 bits per heavy atom. The predicted molar refractivity (Wildman–Crippen MR) is 113 cm³/mol. The Hall–Kier alpha value is -2.87. The zero-order valence-corrected chi connectivity index (χ0v) is 17.6. The lowest BCUT2D eigenvalue weighted by molar-refractivity contribution is 0.187. The van der Waals surface area contributed by atoms with Gasteiger partial charge in [-0.3, -0.25) is 0 Å². The number of carbonyl (C=O) groups excluding carboxylic acids is 1. The van der Waals surface area contributed by atoms with Gasteiger partial charge in [0.2, 0.25) is 11.7 Å². The highest BCUT2D eigenvalue weighted by Gasteiger charge is 2.28. The first-order chi connectivity index (χ1) is 14.1. The van der Waals surface area contributed by atoms with Gasteiger partial charge in [-0.2, -0.15) is 4.98 Å². The number of hydrogen-bond acceptors (Lipinski definition) is 5. The van der Waals surface area contributed by atoms with E-state index in [-0.39, 0.29) is 11.9 Å². The van der Waals surface area contributed by atoms with Crippen LogP contribution in [0.4, 0.5) is 10.5 Å². The molecule has 0 spiro atoms. The van der Waals surface area contributed by atoms with Crippen LogP contribution in [-0.2, 0) is 0 Å². The number of urea groups is 1. The van der Waals surface area contributed by atoms with Crippen molar-refractivity contribution in [1.29, 1.82) is 0 Å². The van der Waals surface area contributed by atoms with Gasteiger partial charge in [0.05, 0.1) is 12.8 Å². The molecule has 1 aliphatic heterocycles. The first-order valence-electron chi connectivity index (χ1n) is 9.42. The first kappa shape index (κ1) is 19.4. The van der Waals surface area contributed by atoms with Crippen LogP contribution in [0.3, 0.4) is 0 Å². The standard InChI is InChI=1S/C21H21BrN4O3/c1-28-18-5-3-2-4-17(18)23-21(27)26-12-10-15(11-13-26)20-24-19(25-29-20)14-6-8-16(22)9-7-14/h2-9,15H,10-13H2,1H3,(H,23,27). The number of nitrogens with one attached hydrogen (secondary N) is 1. The van der Waals surface area contributed by atoms with Crippen LogP contribution in [0, 0.1) is 0 Å². The number of rotatable bonds is 4. The lowest BCUT2D eigenvalue weighted by Gasteiger charge is -2.30. The van der Waals surface area contributed by atoms with E-state index in [1.165, 1.54) is 0 Å². The average Bonchev–Trinajstić information content (AvgIpc) is 3.25. The molecule has 0 aliphatic carbocycles. The van der Waals surface area contributed by atoms with E-state index in [1.807, 2.05) is 48.5 Å². The summed E-state index contributed by atoms with van der Waals surface area (Å²) in [6.45, 7) is 1.25. The molecular formula is C21H21BrN4O3. The van der Waals surface area contributed by atoms with E-state index in [4.69, 9.17) is 9.26 Å². The van der Waals surface area contributed by atoms with Crippen LogP contribution >= 0.6 is 15.9 Å². The molecular weight excluding hydrogens is 436 g/mol. The molecule has 29 heavy (non-hydrogen) atoms. The Morgan fingerprint density at radius 1 is 1.17 bits per heavy atom. The molecule has 0 unspecified atom stereocenters. The number of benzene rings is 2. The van der Waals surface area contributed by atoms with Crippen molar-refractivity contribution in [1.82, 2.24) is 15.0 Å². The van der Waals surface area contributed by atoms with E-state index in [1.54, 1.807) is 12.0 Å². The molecule has 150 valence electrons. The Kier molecular flexibility index (Phi) is 5.80. The van der Waals surface area contributed by atoms with Crippen LogP contribution in [0.1, 0.15) is 24.7 Å². The summed E-state index contributed by atoms with van der Waals surface area (Å²) >= 11 is 3.42. The number of aromatic nitrogens is 2. The van der Waals surface area contributed by atoms with Gasteiger partial charge in [0, 0.05) is 29.0 Å². The number of para-hydroxylation sites is 2. The minimum Gasteiger partial charge on any atom is -0.495 e. The number of halogens is 1. The van der Waals surface area contributed by atoms with Gasteiger partial charge in [-0.25, -0.2) is 4.79 Å². The van der Waals surface area contributed by atoms with Gasteiger partial charge in [-0.1, -0.05) is 33.2 Å². The topological polar surface area (TPSA) is 80.5 Å². The van der Waals surface area contributed by atoms with Crippen molar-refractivity contribution in [2.45, 2.75) is 18.8 Å². The van der Waals surface area contributed by atoms with Gasteiger partial charge in [-0.15, -0.1) is 0 Å². The minimum absolute atomic E-state index is 0.131. The maximum atomic E-state index is 12.6. The van der Waals surface area contributed by atoms with Gasteiger partial charge >= 0.3 is 6.03 Å². The monoisotopic (exact) mass is 456 g/mol. The van der Waals surface area contributed by atoms with E-state index >= 15 is 0 Å². The smallest absolute Gasteiger partial charge is 0.321 e. The second-order valence-corrected chi connectivity index (χ2v) is 7.77. The van der Waals surface area contributed by atoms with Crippen molar-refractivity contribution >= 4 is 27.6 Å². The number of nitrogens with zero attached hydrogens (tertiary/aromatic N) is 3. The van der Waals surface area contributed by atoms with Gasteiger partial charge in [0.25, 0.3) is 0 Å². The molecule has 0 saturated carbocycles. The highest BCUT2D eigenvalue weighted by Crippen LogP contribution is 2.30. The SMILES string of the molecule is COc1ccccc1NC(=O)N1CCC(c2nc(-c3ccc(Br)cc3)no2)CC1. The number of hydrogen-bond donors (Lipinski definition) is 1. The average molecular weight is 457 g/mol. The predicted octanol–water partition coefficient (Wildman–Crippen LogP) is 4.92. The quantitative estimate of drug-likeness (QED) is 0.602. The van der Waals surface area contributed by atoms with E-state index < -0.39 is 0 Å². The molecule has 1 aliphatic rings. The van der Waals surface area contributed by atoms with Crippen LogP contribution in [0.25, 0.3) is 11.4 Å². The fourth-order valence-electron chi connectivity index (χ4n) is 3.39. The molecule has 2 heterocycles. The molecule has 1 aromatic heterocycles. The van der Waals surface area contributed by atoms with Gasteiger partial charge in [0.1, 0.15) is 5.75 Å². The van der Waals surface area contributed by atoms with E-state index in [0.717, 1.165) is 22.9 Å². The fourth-order valence-corrected chi connectivity index (χ4v) is 3.65. The number of carbonyl (C=O) groups is 1. The lowest BCUT2D eigenvalue weighted by atomic mass is 9.97. The molecule has 1 saturated heterocycles. The van der Waals surface area contributed by atoms with Crippen molar-refractivity contribution in [2.24, 2.45) is 0 Å². The molecule has 8 heteroatoms. The first-order valence-corrected chi connectivity index (χ1v) is 10.2. The number of anilines is 1. The van der Waals surface area contributed by atoms with Crippen molar-refractivity contribution in [2.75, 3.05) is 25.5 Å². The zero-order chi connectivity index (χ0) is 20.2. The lowest BCUT2D eigenvalue weighted by Crippen LogP contribution is -2.40. The number of methoxy groups -OCH3 is 1. The number of amides is 2. The summed E-state index contributed by atoms with van der Waals surface area (Å²) in [5, 5.41) is 7.03. The highest BCUT2D eigenvalue weighted by atomic mass is 79.9. The largest absolute Gasteiger partial charge is 0.495 e. The van der Waals surface area contributed by atoms with Crippen molar-refractivity contribution in [3.63, 3.8) is 0 Å². The van der Waals surface area contributed by atoms with E-state index in [2.05, 4.69) is 31.4 Å². The molecule has 1 N–H and O–H groups in total. The van der Waals surface area contributed by atoms with Crippen LogP contribution in [-0.4, -0.2) is 41.3 Å². The summed E-state index contributed by atoms with van der Waals surface area (Å²) in [5.41, 5.74) is 1.58. The molecule has 2 amide bonds. The van der Waals surface area contributed by atoms with Crippen molar-refractivity contribution in [3.8, 4) is 17.1 Å². The molecule has 0 atom stereocenters. The van der Waals surface area contributed by atoms with Crippen molar-refractivity contribution < 1.29 is 14.1 Å². The number of ether oxygens (including phenoxy) is 1. The van der Waals surface area contributed by atoms with Crippen LogP contribution in [0.2, 0.25) is 0 Å². The third kappa shape index (κ3) is 4.42. The molecule has 4 rings (SSSR count). The van der Waals surface area contributed by atoms with Crippen LogP contribution in [0.5, 0.6) is 5.75 Å². The van der Waals surface area contributed by atoms with E-state index in [0.29, 0.717) is 36.2 Å². The number of likely N-dealkylation sites (tertiary alicyclic amines) is 1. The third-order valence-corrected chi connectivity index (χ3v) is 5.55. The summed E-state index contributed by atoms with van der Waals surface area (Å²) in [5.74, 6) is 2.01. The fraction of sp³-hybridized carbons (Fsp3) is 0.286. The van der Waals surface area contributed by atoms with Gasteiger partial charge < -0.3 is 19.5 Å². The van der Waals surface area contributed by atoms with Crippen LogP contribution < -0.4 is 10.1 Å². The second kappa shape index (κ2) is 8.65.